The molecule has 154 valence electrons. The monoisotopic (exact) mass is 396 g/mol. The molecule has 0 bridgehead atoms. The van der Waals surface area contributed by atoms with Gasteiger partial charge in [0.2, 0.25) is 18.6 Å². The van der Waals surface area contributed by atoms with Gasteiger partial charge in [-0.25, -0.2) is 0 Å². The fourth-order valence-electron chi connectivity index (χ4n) is 3.08. The molecule has 2 aromatic carbocycles. The van der Waals surface area contributed by atoms with Gasteiger partial charge in [-0.2, -0.15) is 0 Å². The summed E-state index contributed by atoms with van der Waals surface area (Å²) in [6.45, 7) is 10.00. The highest BCUT2D eigenvalue weighted by Gasteiger charge is 2.36. The standard InChI is InChI=1S/C23H28N2O4/c1-22(2,3)16-8-6-7-9-17(16)25-21(27)23(4,5)20(26)24-13-15-10-11-18-19(12-15)29-14-28-18/h6-12H,13-14H2,1-5H3,(H,24,26)(H,25,27). The van der Waals surface area contributed by atoms with Crippen LogP contribution in [0, 0.1) is 5.41 Å². The molecule has 3 rings (SSSR count). The van der Waals surface area contributed by atoms with Crippen molar-refractivity contribution in [2.75, 3.05) is 12.1 Å². The van der Waals surface area contributed by atoms with E-state index < -0.39 is 5.41 Å². The van der Waals surface area contributed by atoms with Gasteiger partial charge in [0.15, 0.2) is 11.5 Å². The highest BCUT2D eigenvalue weighted by molar-refractivity contribution is 6.10. The molecule has 0 unspecified atom stereocenters. The lowest BCUT2D eigenvalue weighted by Gasteiger charge is -2.26. The number of para-hydroxylation sites is 1. The Bertz CT molecular complexity index is 929. The van der Waals surface area contributed by atoms with E-state index in [0.29, 0.717) is 18.0 Å². The number of hydrogen-bond acceptors (Lipinski definition) is 4. The van der Waals surface area contributed by atoms with E-state index in [4.69, 9.17) is 9.47 Å². The predicted octanol–water partition coefficient (Wildman–Crippen LogP) is 3.99. The summed E-state index contributed by atoms with van der Waals surface area (Å²) >= 11 is 0. The number of benzene rings is 2. The smallest absolute Gasteiger partial charge is 0.239 e. The van der Waals surface area contributed by atoms with E-state index in [9.17, 15) is 9.59 Å². The van der Waals surface area contributed by atoms with Crippen LogP contribution in [0.5, 0.6) is 11.5 Å². The van der Waals surface area contributed by atoms with Gasteiger partial charge >= 0.3 is 0 Å². The molecule has 0 spiro atoms. The summed E-state index contributed by atoms with van der Waals surface area (Å²) < 4.78 is 10.6. The lowest BCUT2D eigenvalue weighted by molar-refractivity contribution is -0.138. The van der Waals surface area contributed by atoms with Gasteiger partial charge in [0.25, 0.3) is 0 Å². The van der Waals surface area contributed by atoms with Crippen LogP contribution < -0.4 is 20.1 Å². The number of rotatable bonds is 5. The van der Waals surface area contributed by atoms with Crippen LogP contribution in [0.3, 0.4) is 0 Å². The van der Waals surface area contributed by atoms with Crippen molar-refractivity contribution in [3.05, 3.63) is 53.6 Å². The first-order valence-corrected chi connectivity index (χ1v) is 9.67. The summed E-state index contributed by atoms with van der Waals surface area (Å²) in [5, 5.41) is 5.78. The van der Waals surface area contributed by atoms with Crippen molar-refractivity contribution in [1.82, 2.24) is 5.32 Å². The second-order valence-electron chi connectivity index (χ2n) is 8.74. The first kappa shape index (κ1) is 20.7. The van der Waals surface area contributed by atoms with Crippen LogP contribution in [-0.4, -0.2) is 18.6 Å². The Kier molecular flexibility index (Phi) is 5.55. The largest absolute Gasteiger partial charge is 0.454 e. The molecule has 2 amide bonds. The van der Waals surface area contributed by atoms with E-state index in [1.54, 1.807) is 13.8 Å². The van der Waals surface area contributed by atoms with Crippen LogP contribution in [0.1, 0.15) is 45.7 Å². The van der Waals surface area contributed by atoms with Gasteiger partial charge in [0, 0.05) is 12.2 Å². The SMILES string of the molecule is CC(C)(C(=O)NCc1ccc2c(c1)OCO2)C(=O)Nc1ccccc1C(C)(C)C. The molecule has 1 aliphatic rings. The summed E-state index contributed by atoms with van der Waals surface area (Å²) in [4.78, 5) is 25.7. The molecule has 29 heavy (non-hydrogen) atoms. The molecule has 6 nitrogen and oxygen atoms in total. The van der Waals surface area contributed by atoms with Crippen LogP contribution in [0.15, 0.2) is 42.5 Å². The van der Waals surface area contributed by atoms with E-state index in [1.807, 2.05) is 42.5 Å². The molecule has 0 radical (unpaired) electrons. The molecular weight excluding hydrogens is 368 g/mol. The fourth-order valence-corrected chi connectivity index (χ4v) is 3.08. The molecular formula is C23H28N2O4. The molecule has 6 heteroatoms. The second kappa shape index (κ2) is 7.78. The number of hydrogen-bond donors (Lipinski definition) is 2. The predicted molar refractivity (Wildman–Crippen MR) is 112 cm³/mol. The van der Waals surface area contributed by atoms with E-state index in [1.165, 1.54) is 0 Å². The molecule has 1 aliphatic heterocycles. The van der Waals surface area contributed by atoms with Crippen molar-refractivity contribution in [1.29, 1.82) is 0 Å². The summed E-state index contributed by atoms with van der Waals surface area (Å²) in [6, 6.07) is 13.2. The first-order valence-electron chi connectivity index (χ1n) is 9.67. The number of ether oxygens (including phenoxy) is 2. The van der Waals surface area contributed by atoms with Crippen LogP contribution >= 0.6 is 0 Å². The third-order valence-electron chi connectivity index (χ3n) is 5.01. The van der Waals surface area contributed by atoms with Crippen molar-refractivity contribution >= 4 is 17.5 Å². The molecule has 0 aromatic heterocycles. The highest BCUT2D eigenvalue weighted by atomic mass is 16.7. The van der Waals surface area contributed by atoms with E-state index >= 15 is 0 Å². The summed E-state index contributed by atoms with van der Waals surface area (Å²) in [5.74, 6) is 0.656. The highest BCUT2D eigenvalue weighted by Crippen LogP contribution is 2.33. The number of anilines is 1. The van der Waals surface area contributed by atoms with Gasteiger partial charge in [0.05, 0.1) is 0 Å². The average Bonchev–Trinajstić information content (AvgIpc) is 3.13. The molecule has 0 saturated carbocycles. The van der Waals surface area contributed by atoms with E-state index in [0.717, 1.165) is 16.8 Å². The molecule has 1 heterocycles. The molecule has 0 saturated heterocycles. The van der Waals surface area contributed by atoms with Crippen molar-refractivity contribution in [3.8, 4) is 11.5 Å². The van der Waals surface area contributed by atoms with Gasteiger partial charge in [0.1, 0.15) is 5.41 Å². The van der Waals surface area contributed by atoms with Gasteiger partial charge < -0.3 is 20.1 Å². The number of amides is 2. The topological polar surface area (TPSA) is 76.7 Å². The van der Waals surface area contributed by atoms with Crippen molar-refractivity contribution in [3.63, 3.8) is 0 Å². The van der Waals surface area contributed by atoms with Crippen LogP contribution in [-0.2, 0) is 21.5 Å². The minimum absolute atomic E-state index is 0.129. The average molecular weight is 396 g/mol. The maximum atomic E-state index is 12.9. The fraction of sp³-hybridized carbons (Fsp3) is 0.391. The van der Waals surface area contributed by atoms with E-state index in [-0.39, 0.29) is 24.0 Å². The number of carbonyl (C=O) groups is 2. The van der Waals surface area contributed by atoms with Crippen LogP contribution in [0.2, 0.25) is 0 Å². The van der Waals surface area contributed by atoms with Gasteiger partial charge in [-0.15, -0.1) is 0 Å². The minimum Gasteiger partial charge on any atom is -0.454 e. The van der Waals surface area contributed by atoms with E-state index in [2.05, 4.69) is 31.4 Å². The molecule has 2 N–H and O–H groups in total. The van der Waals surface area contributed by atoms with Crippen molar-refractivity contribution in [2.45, 2.75) is 46.6 Å². The zero-order valence-electron chi connectivity index (χ0n) is 17.6. The third-order valence-corrected chi connectivity index (χ3v) is 5.01. The summed E-state index contributed by atoms with van der Waals surface area (Å²) in [7, 11) is 0. The Hall–Kier alpha value is -3.02. The third kappa shape index (κ3) is 4.53. The molecule has 0 aliphatic carbocycles. The van der Waals surface area contributed by atoms with Crippen LogP contribution in [0.25, 0.3) is 0 Å². The molecule has 0 atom stereocenters. The summed E-state index contributed by atoms with van der Waals surface area (Å²) in [5.41, 5.74) is 1.25. The zero-order chi connectivity index (χ0) is 21.2. The van der Waals surface area contributed by atoms with Crippen LogP contribution in [0.4, 0.5) is 5.69 Å². The Morgan fingerprint density at radius 3 is 2.34 bits per heavy atom. The zero-order valence-corrected chi connectivity index (χ0v) is 17.6. The van der Waals surface area contributed by atoms with Gasteiger partial charge in [-0.3, -0.25) is 9.59 Å². The Labute approximate surface area is 171 Å². The second-order valence-corrected chi connectivity index (χ2v) is 8.74. The lowest BCUT2D eigenvalue weighted by atomic mass is 9.85. The normalized spacial score (nSPS) is 13.1. The molecule has 2 aromatic rings. The first-order chi connectivity index (χ1) is 13.6. The molecule has 0 fully saturated rings. The van der Waals surface area contributed by atoms with Crippen molar-refractivity contribution < 1.29 is 19.1 Å². The maximum absolute atomic E-state index is 12.9. The Balaban J connectivity index is 1.66. The quantitative estimate of drug-likeness (QED) is 0.749. The number of carbonyl (C=O) groups excluding carboxylic acids is 2. The maximum Gasteiger partial charge on any atom is 0.239 e. The minimum atomic E-state index is -1.23. The summed E-state index contributed by atoms with van der Waals surface area (Å²) in [6.07, 6.45) is 0. The van der Waals surface area contributed by atoms with Gasteiger partial charge in [-0.05, 0) is 48.6 Å². The Morgan fingerprint density at radius 1 is 0.931 bits per heavy atom. The number of nitrogens with one attached hydrogen (secondary N) is 2. The lowest BCUT2D eigenvalue weighted by Crippen LogP contribution is -2.45. The Morgan fingerprint density at radius 2 is 1.62 bits per heavy atom. The number of fused-ring (bicyclic) bond motifs is 1. The van der Waals surface area contributed by atoms with Gasteiger partial charge in [-0.1, -0.05) is 45.0 Å². The van der Waals surface area contributed by atoms with Crippen molar-refractivity contribution in [2.24, 2.45) is 5.41 Å².